The molecule has 0 aliphatic rings. The lowest BCUT2D eigenvalue weighted by Gasteiger charge is -2.09. The molecule has 3 aromatic rings. The van der Waals surface area contributed by atoms with Crippen LogP contribution in [0.2, 0.25) is 5.02 Å². The maximum atomic E-state index is 12.2. The molecule has 7 heteroatoms. The number of anilines is 1. The number of benzene rings is 3. The van der Waals surface area contributed by atoms with E-state index in [4.69, 9.17) is 16.3 Å². The van der Waals surface area contributed by atoms with Crippen molar-refractivity contribution in [2.75, 3.05) is 11.1 Å². The normalized spacial score (nSPS) is 11.0. The zero-order chi connectivity index (χ0) is 19.3. The lowest BCUT2D eigenvalue weighted by Crippen LogP contribution is -2.22. The Kier molecular flexibility index (Phi) is 5.78. The monoisotopic (exact) mass is 401 g/mol. The first-order chi connectivity index (χ1) is 12.9. The van der Waals surface area contributed by atoms with Crippen molar-refractivity contribution in [3.63, 3.8) is 0 Å². The van der Waals surface area contributed by atoms with Gasteiger partial charge in [0.1, 0.15) is 17.3 Å². The number of nitrogens with one attached hydrogen (secondary N) is 1. The van der Waals surface area contributed by atoms with Crippen LogP contribution in [0.15, 0.2) is 83.8 Å². The maximum absolute atomic E-state index is 12.2. The second-order valence-corrected chi connectivity index (χ2v) is 8.07. The molecule has 0 aliphatic carbocycles. The molecule has 3 rings (SSSR count). The van der Waals surface area contributed by atoms with Crippen LogP contribution in [0.5, 0.6) is 11.5 Å². The van der Waals surface area contributed by atoms with Crippen LogP contribution in [0.3, 0.4) is 0 Å². The Morgan fingerprint density at radius 1 is 0.889 bits per heavy atom. The minimum Gasteiger partial charge on any atom is -0.456 e. The summed E-state index contributed by atoms with van der Waals surface area (Å²) in [6.07, 6.45) is 0. The van der Waals surface area contributed by atoms with Gasteiger partial charge in [-0.3, -0.25) is 4.79 Å². The Bertz CT molecular complexity index is 1040. The van der Waals surface area contributed by atoms with E-state index >= 15 is 0 Å². The number of sulfone groups is 1. The van der Waals surface area contributed by atoms with E-state index in [1.165, 1.54) is 12.1 Å². The number of carbonyl (C=O) groups excluding carboxylic acids is 1. The van der Waals surface area contributed by atoms with Gasteiger partial charge in [0, 0.05) is 5.69 Å². The fourth-order valence-electron chi connectivity index (χ4n) is 2.34. The summed E-state index contributed by atoms with van der Waals surface area (Å²) in [5, 5.41) is 3.06. The van der Waals surface area contributed by atoms with Crippen molar-refractivity contribution in [1.29, 1.82) is 0 Å². The van der Waals surface area contributed by atoms with Gasteiger partial charge < -0.3 is 10.1 Å². The van der Waals surface area contributed by atoms with Gasteiger partial charge in [-0.05, 0) is 48.5 Å². The van der Waals surface area contributed by atoms with E-state index in [0.29, 0.717) is 22.2 Å². The molecule has 5 nitrogen and oxygen atoms in total. The first kappa shape index (κ1) is 18.9. The van der Waals surface area contributed by atoms with Crippen molar-refractivity contribution in [1.82, 2.24) is 0 Å². The molecule has 0 heterocycles. The van der Waals surface area contributed by atoms with Gasteiger partial charge in [0.15, 0.2) is 9.84 Å². The van der Waals surface area contributed by atoms with Gasteiger partial charge in [-0.1, -0.05) is 41.9 Å². The predicted molar refractivity (Wildman–Crippen MR) is 105 cm³/mol. The van der Waals surface area contributed by atoms with E-state index in [-0.39, 0.29) is 4.90 Å². The first-order valence-corrected chi connectivity index (χ1v) is 10.1. The van der Waals surface area contributed by atoms with Gasteiger partial charge in [0.05, 0.1) is 9.92 Å². The third-order valence-electron chi connectivity index (χ3n) is 3.63. The molecule has 0 atom stereocenters. The van der Waals surface area contributed by atoms with E-state index in [2.05, 4.69) is 5.32 Å². The number of hydrogen-bond donors (Lipinski definition) is 1. The number of ether oxygens (including phenoxy) is 1. The van der Waals surface area contributed by atoms with Crippen molar-refractivity contribution in [3.05, 3.63) is 83.9 Å². The molecule has 1 N–H and O–H groups in total. The fraction of sp³-hybridized carbons (Fsp3) is 0.0500. The first-order valence-electron chi connectivity index (χ1n) is 8.04. The van der Waals surface area contributed by atoms with Crippen LogP contribution in [-0.2, 0) is 14.6 Å². The summed E-state index contributed by atoms with van der Waals surface area (Å²) in [7, 11) is -3.68. The summed E-state index contributed by atoms with van der Waals surface area (Å²) in [6, 6.07) is 21.5. The van der Waals surface area contributed by atoms with Crippen LogP contribution in [0.1, 0.15) is 0 Å². The van der Waals surface area contributed by atoms with Crippen molar-refractivity contribution < 1.29 is 17.9 Å². The number of halogens is 1. The van der Waals surface area contributed by atoms with Crippen LogP contribution in [0, 0.1) is 0 Å². The average Bonchev–Trinajstić information content (AvgIpc) is 2.65. The minimum atomic E-state index is -3.68. The second-order valence-electron chi connectivity index (χ2n) is 5.68. The Labute approximate surface area is 162 Å². The van der Waals surface area contributed by atoms with E-state index in [1.807, 2.05) is 6.07 Å². The molecule has 138 valence electrons. The summed E-state index contributed by atoms with van der Waals surface area (Å²) in [4.78, 5) is 12.2. The molecule has 0 saturated carbocycles. The minimum absolute atomic E-state index is 0.114. The zero-order valence-corrected chi connectivity index (χ0v) is 15.7. The molecule has 3 aromatic carbocycles. The summed E-state index contributed by atoms with van der Waals surface area (Å²) in [5.41, 5.74) is 0.467. The van der Waals surface area contributed by atoms with Crippen molar-refractivity contribution >= 4 is 33.0 Å². The van der Waals surface area contributed by atoms with Gasteiger partial charge >= 0.3 is 0 Å². The maximum Gasteiger partial charge on any atom is 0.239 e. The number of para-hydroxylation sites is 1. The van der Waals surface area contributed by atoms with E-state index in [0.717, 1.165) is 0 Å². The lowest BCUT2D eigenvalue weighted by molar-refractivity contribution is -0.113. The van der Waals surface area contributed by atoms with E-state index in [1.54, 1.807) is 60.7 Å². The molecular formula is C20H16ClNO4S. The standard InChI is InChI=1S/C20H16ClNO4S/c21-18-8-4-5-9-19(18)26-16-12-10-15(11-13-16)22-20(23)14-27(24,25)17-6-2-1-3-7-17/h1-13H,14H2,(H,22,23). The molecule has 0 fully saturated rings. The number of hydrogen-bond acceptors (Lipinski definition) is 4. The van der Waals surface area contributed by atoms with Crippen molar-refractivity contribution in [3.8, 4) is 11.5 Å². The number of carbonyl (C=O) groups is 1. The highest BCUT2D eigenvalue weighted by Crippen LogP contribution is 2.29. The molecule has 0 radical (unpaired) electrons. The molecule has 0 bridgehead atoms. The van der Waals surface area contributed by atoms with Crippen LogP contribution in [-0.4, -0.2) is 20.1 Å². The van der Waals surface area contributed by atoms with Gasteiger partial charge in [-0.25, -0.2) is 8.42 Å². The Balaban J connectivity index is 1.63. The Hall–Kier alpha value is -2.83. The molecule has 0 aliphatic heterocycles. The molecule has 1 amide bonds. The van der Waals surface area contributed by atoms with Crippen molar-refractivity contribution in [2.45, 2.75) is 4.90 Å². The predicted octanol–water partition coefficient (Wildman–Crippen LogP) is 4.54. The molecule has 27 heavy (non-hydrogen) atoms. The largest absolute Gasteiger partial charge is 0.456 e. The zero-order valence-electron chi connectivity index (χ0n) is 14.1. The van der Waals surface area contributed by atoms with E-state index in [9.17, 15) is 13.2 Å². The Morgan fingerprint density at radius 3 is 2.19 bits per heavy atom. The van der Waals surface area contributed by atoms with Crippen LogP contribution < -0.4 is 10.1 Å². The smallest absolute Gasteiger partial charge is 0.239 e. The van der Waals surface area contributed by atoms with Gasteiger partial charge in [0.25, 0.3) is 0 Å². The number of amides is 1. The third kappa shape index (κ3) is 5.09. The molecule has 0 spiro atoms. The number of rotatable bonds is 6. The summed E-state index contributed by atoms with van der Waals surface area (Å²) < 4.78 is 30.1. The van der Waals surface area contributed by atoms with Gasteiger partial charge in [-0.2, -0.15) is 0 Å². The quantitative estimate of drug-likeness (QED) is 0.657. The van der Waals surface area contributed by atoms with Crippen LogP contribution >= 0.6 is 11.6 Å². The van der Waals surface area contributed by atoms with Crippen LogP contribution in [0.4, 0.5) is 5.69 Å². The van der Waals surface area contributed by atoms with Gasteiger partial charge in [-0.15, -0.1) is 0 Å². The third-order valence-corrected chi connectivity index (χ3v) is 5.57. The topological polar surface area (TPSA) is 72.5 Å². The van der Waals surface area contributed by atoms with E-state index < -0.39 is 21.5 Å². The average molecular weight is 402 g/mol. The molecule has 0 unspecified atom stereocenters. The SMILES string of the molecule is O=C(CS(=O)(=O)c1ccccc1)Nc1ccc(Oc2ccccc2Cl)cc1. The second kappa shape index (κ2) is 8.24. The highest BCUT2D eigenvalue weighted by molar-refractivity contribution is 7.92. The highest BCUT2D eigenvalue weighted by Gasteiger charge is 2.19. The van der Waals surface area contributed by atoms with Crippen molar-refractivity contribution in [2.24, 2.45) is 0 Å². The lowest BCUT2D eigenvalue weighted by atomic mass is 10.3. The Morgan fingerprint density at radius 2 is 1.52 bits per heavy atom. The molecule has 0 aromatic heterocycles. The summed E-state index contributed by atoms with van der Waals surface area (Å²) >= 11 is 6.05. The summed E-state index contributed by atoms with van der Waals surface area (Å²) in [5.74, 6) is -0.184. The fourth-order valence-corrected chi connectivity index (χ4v) is 3.67. The van der Waals surface area contributed by atoms with Gasteiger partial charge in [0.2, 0.25) is 5.91 Å². The molecule has 0 saturated heterocycles. The molecular weight excluding hydrogens is 386 g/mol. The van der Waals surface area contributed by atoms with Crippen LogP contribution in [0.25, 0.3) is 0 Å². The highest BCUT2D eigenvalue weighted by atomic mass is 35.5. The summed E-state index contributed by atoms with van der Waals surface area (Å²) in [6.45, 7) is 0.